The third kappa shape index (κ3) is 4.29. The Hall–Kier alpha value is -1.55. The van der Waals surface area contributed by atoms with Crippen molar-refractivity contribution in [3.8, 4) is 0 Å². The van der Waals surface area contributed by atoms with E-state index in [0.717, 1.165) is 11.1 Å². The van der Waals surface area contributed by atoms with Crippen LogP contribution < -0.4 is 0 Å². The van der Waals surface area contributed by atoms with E-state index >= 15 is 0 Å². The lowest BCUT2D eigenvalue weighted by Crippen LogP contribution is -2.52. The number of carbonyl (C=O) groups excluding carboxylic acids is 2. The fourth-order valence-corrected chi connectivity index (χ4v) is 7.05. The van der Waals surface area contributed by atoms with E-state index in [1.165, 1.54) is 6.08 Å². The van der Waals surface area contributed by atoms with E-state index in [0.29, 0.717) is 12.0 Å². The topological polar surface area (TPSA) is 61.8 Å². The molecular formula is C27H42O5Si2. The van der Waals surface area contributed by atoms with Crippen LogP contribution in [-0.2, 0) is 23.2 Å². The number of rotatable bonds is 5. The highest BCUT2D eigenvalue weighted by Gasteiger charge is 2.65. The lowest BCUT2D eigenvalue weighted by molar-refractivity contribution is -0.144. The predicted molar refractivity (Wildman–Crippen MR) is 140 cm³/mol. The van der Waals surface area contributed by atoms with Crippen LogP contribution in [0.25, 0.3) is 0 Å². The molecule has 1 aliphatic heterocycles. The molecule has 5 nitrogen and oxygen atoms in total. The average Bonchev–Trinajstić information content (AvgIpc) is 2.93. The fraction of sp³-hybridized carbons (Fsp3) is 0.630. The van der Waals surface area contributed by atoms with Gasteiger partial charge in [-0.15, -0.1) is 0 Å². The maximum Gasteiger partial charge on any atom is 0.318 e. The molecule has 0 aromatic heterocycles. The zero-order chi connectivity index (χ0) is 25.9. The highest BCUT2D eigenvalue weighted by atomic mass is 28.4. The number of esters is 1. The van der Waals surface area contributed by atoms with E-state index in [-0.39, 0.29) is 16.0 Å². The van der Waals surface area contributed by atoms with Crippen molar-refractivity contribution in [2.24, 2.45) is 11.3 Å². The van der Waals surface area contributed by atoms with E-state index in [9.17, 15) is 9.59 Å². The second-order valence-corrected chi connectivity index (χ2v) is 22.5. The van der Waals surface area contributed by atoms with Gasteiger partial charge in [-0.25, -0.2) is 0 Å². The number of hydrogen-bond donors (Lipinski definition) is 0. The van der Waals surface area contributed by atoms with Gasteiger partial charge in [0, 0.05) is 6.08 Å². The van der Waals surface area contributed by atoms with Crippen LogP contribution in [0.3, 0.4) is 0 Å². The molecule has 0 bridgehead atoms. The van der Waals surface area contributed by atoms with Crippen molar-refractivity contribution >= 4 is 28.9 Å². The first-order valence-corrected chi connectivity index (χ1v) is 18.0. The number of benzene rings is 1. The molecule has 0 N–H and O–H groups in total. The van der Waals surface area contributed by atoms with Crippen molar-refractivity contribution in [1.82, 2.24) is 0 Å². The number of aldehydes is 1. The molecule has 2 unspecified atom stereocenters. The summed E-state index contributed by atoms with van der Waals surface area (Å²) in [6.45, 7) is 24.0. The molecule has 7 heteroatoms. The second kappa shape index (κ2) is 8.54. The Morgan fingerprint density at radius 2 is 1.41 bits per heavy atom. The van der Waals surface area contributed by atoms with Gasteiger partial charge < -0.3 is 13.6 Å². The molecule has 0 radical (unpaired) electrons. The summed E-state index contributed by atoms with van der Waals surface area (Å²) in [6.07, 6.45) is 1.19. The van der Waals surface area contributed by atoms with Crippen LogP contribution >= 0.6 is 0 Å². The largest absolute Gasteiger partial charge is 0.430 e. The number of carbonyl (C=O) groups is 2. The number of hydrogen-bond acceptors (Lipinski definition) is 5. The number of ether oxygens (including phenoxy) is 1. The summed E-state index contributed by atoms with van der Waals surface area (Å²) in [5.41, 5.74) is 1.15. The van der Waals surface area contributed by atoms with Crippen molar-refractivity contribution < 1.29 is 23.2 Å². The molecule has 0 amide bonds. The van der Waals surface area contributed by atoms with E-state index in [1.807, 2.05) is 19.1 Å². The molecule has 188 valence electrons. The number of cyclic esters (lactones) is 1. The molecule has 3 rings (SSSR count). The summed E-state index contributed by atoms with van der Waals surface area (Å²) >= 11 is 0. The molecule has 1 saturated heterocycles. The van der Waals surface area contributed by atoms with E-state index in [4.69, 9.17) is 13.6 Å². The van der Waals surface area contributed by atoms with Crippen molar-refractivity contribution in [2.45, 2.75) is 96.9 Å². The first-order chi connectivity index (χ1) is 15.4. The van der Waals surface area contributed by atoms with Gasteiger partial charge >= 0.3 is 5.97 Å². The Morgan fingerprint density at radius 1 is 0.912 bits per heavy atom. The van der Waals surface area contributed by atoms with Crippen LogP contribution in [0, 0.1) is 11.3 Å². The van der Waals surface area contributed by atoms with Crippen molar-refractivity contribution in [1.29, 1.82) is 0 Å². The monoisotopic (exact) mass is 502 g/mol. The van der Waals surface area contributed by atoms with Crippen LogP contribution in [0.2, 0.25) is 36.3 Å². The van der Waals surface area contributed by atoms with E-state index in [1.54, 1.807) is 0 Å². The Morgan fingerprint density at radius 3 is 1.91 bits per heavy atom. The lowest BCUT2D eigenvalue weighted by atomic mass is 9.62. The number of fused-ring (bicyclic) bond motifs is 2. The van der Waals surface area contributed by atoms with Crippen LogP contribution in [0.4, 0.5) is 0 Å². The SMILES string of the molecule is CC(C)(C)[Si](C)(C)OC1c2ccccc2C(O[Si](C)(C)C(C)(C)C)[C@]2(C)/C(=C/C=O)OC(=O)[C@H]12. The Bertz CT molecular complexity index is 999. The van der Waals surface area contributed by atoms with Crippen molar-refractivity contribution in [2.75, 3.05) is 0 Å². The Balaban J connectivity index is 2.28. The molecule has 34 heavy (non-hydrogen) atoms. The third-order valence-corrected chi connectivity index (χ3v) is 17.6. The van der Waals surface area contributed by atoms with Gasteiger partial charge in [0.2, 0.25) is 0 Å². The van der Waals surface area contributed by atoms with Crippen LogP contribution in [-0.4, -0.2) is 28.9 Å². The highest BCUT2D eigenvalue weighted by molar-refractivity contribution is 6.74. The first-order valence-electron chi connectivity index (χ1n) is 12.2. The highest BCUT2D eigenvalue weighted by Crippen LogP contribution is 2.64. The summed E-state index contributed by atoms with van der Waals surface area (Å²) in [7, 11) is -4.51. The average molecular weight is 503 g/mol. The molecule has 0 spiro atoms. The van der Waals surface area contributed by atoms with Gasteiger partial charge in [-0.1, -0.05) is 65.8 Å². The summed E-state index contributed by atoms with van der Waals surface area (Å²) in [6, 6.07) is 8.14. The van der Waals surface area contributed by atoms with Gasteiger partial charge in [0.1, 0.15) is 18.0 Å². The molecule has 2 aliphatic rings. The maximum absolute atomic E-state index is 13.5. The minimum Gasteiger partial charge on any atom is -0.430 e. The summed E-state index contributed by atoms with van der Waals surface area (Å²) in [5, 5.41) is -0.0584. The normalized spacial score (nSPS) is 29.0. The van der Waals surface area contributed by atoms with Crippen LogP contribution in [0.1, 0.15) is 71.8 Å². The van der Waals surface area contributed by atoms with Crippen molar-refractivity contribution in [3.63, 3.8) is 0 Å². The van der Waals surface area contributed by atoms with Gasteiger partial charge in [0.25, 0.3) is 0 Å². The molecule has 1 aliphatic carbocycles. The molecule has 4 atom stereocenters. The molecule has 0 saturated carbocycles. The minimum atomic E-state index is -2.26. The predicted octanol–water partition coefficient (Wildman–Crippen LogP) is 7.09. The van der Waals surface area contributed by atoms with E-state index < -0.39 is 40.2 Å². The van der Waals surface area contributed by atoms with E-state index in [2.05, 4.69) is 79.9 Å². The standard InChI is InChI=1S/C27H42O5Si2/c1-25(2,3)33(8,9)31-22-18-14-12-13-15-19(18)23(32-34(10,11)26(4,5)6)27(7)20(16-17-28)30-24(29)21(22)27/h12-17,21-23H,1-11H3/b20-16-/t21-,22?,23?,27+/m0/s1. The van der Waals surface area contributed by atoms with Gasteiger partial charge in [-0.2, -0.15) is 0 Å². The lowest BCUT2D eigenvalue weighted by Gasteiger charge is -2.51. The minimum absolute atomic E-state index is 0.0275. The molecule has 1 heterocycles. The van der Waals surface area contributed by atoms with Gasteiger partial charge in [-0.3, -0.25) is 9.59 Å². The molecule has 1 aromatic carbocycles. The number of allylic oxidation sites excluding steroid dienone is 1. The Labute approximate surface area is 207 Å². The molecular weight excluding hydrogens is 460 g/mol. The maximum atomic E-state index is 13.5. The summed E-state index contributed by atoms with van der Waals surface area (Å²) in [4.78, 5) is 25.1. The van der Waals surface area contributed by atoms with Gasteiger partial charge in [0.05, 0.1) is 17.6 Å². The quantitative estimate of drug-likeness (QED) is 0.186. The zero-order valence-corrected chi connectivity index (χ0v) is 24.7. The Kier molecular flexibility index (Phi) is 6.79. The molecule has 1 fully saturated rings. The summed E-state index contributed by atoms with van der Waals surface area (Å²) in [5.74, 6) is -0.574. The first kappa shape index (κ1) is 27.0. The fourth-order valence-electron chi connectivity index (χ4n) is 4.48. The smallest absolute Gasteiger partial charge is 0.318 e. The van der Waals surface area contributed by atoms with Crippen molar-refractivity contribution in [3.05, 3.63) is 47.2 Å². The van der Waals surface area contributed by atoms with Crippen LogP contribution in [0.5, 0.6) is 0 Å². The van der Waals surface area contributed by atoms with Gasteiger partial charge in [0.15, 0.2) is 16.6 Å². The third-order valence-electron chi connectivity index (χ3n) is 8.74. The zero-order valence-electron chi connectivity index (χ0n) is 22.7. The van der Waals surface area contributed by atoms with Gasteiger partial charge in [-0.05, 0) is 54.3 Å². The second-order valence-electron chi connectivity index (χ2n) is 13.0. The van der Waals surface area contributed by atoms with Crippen LogP contribution in [0.15, 0.2) is 36.1 Å². The molecule has 1 aromatic rings. The summed E-state index contributed by atoms with van der Waals surface area (Å²) < 4.78 is 19.8.